The summed E-state index contributed by atoms with van der Waals surface area (Å²) in [6.07, 6.45) is -0.580. The SMILES string of the molecule is CC(C)(C)c1cc(CN2CCOC(C(N)=O)C2)c(O)c(C(C)(C)C)c1. The summed E-state index contributed by atoms with van der Waals surface area (Å²) in [7, 11) is 0. The van der Waals surface area contributed by atoms with Gasteiger partial charge in [0.15, 0.2) is 0 Å². The molecule has 0 spiro atoms. The number of phenolic OH excluding ortho intramolecular Hbond substituents is 1. The van der Waals surface area contributed by atoms with Crippen molar-refractivity contribution in [2.24, 2.45) is 5.73 Å². The first kappa shape index (κ1) is 19.7. The Labute approximate surface area is 151 Å². The number of nitrogens with two attached hydrogens (primary N) is 1. The second-order valence-corrected chi connectivity index (χ2v) is 9.03. The summed E-state index contributed by atoms with van der Waals surface area (Å²) in [5.74, 6) is -0.0876. The van der Waals surface area contributed by atoms with Gasteiger partial charge < -0.3 is 15.6 Å². The van der Waals surface area contributed by atoms with Gasteiger partial charge in [0.05, 0.1) is 6.61 Å². The van der Waals surface area contributed by atoms with Gasteiger partial charge in [0.25, 0.3) is 0 Å². The Morgan fingerprint density at radius 3 is 2.40 bits per heavy atom. The first-order chi connectivity index (χ1) is 11.4. The van der Waals surface area contributed by atoms with Crippen LogP contribution in [0.2, 0.25) is 0 Å². The van der Waals surface area contributed by atoms with Crippen molar-refractivity contribution in [3.05, 3.63) is 28.8 Å². The molecule has 1 aromatic rings. The van der Waals surface area contributed by atoms with Gasteiger partial charge in [0.1, 0.15) is 11.9 Å². The van der Waals surface area contributed by atoms with Crippen molar-refractivity contribution in [3.8, 4) is 5.75 Å². The molecule has 1 atom stereocenters. The summed E-state index contributed by atoms with van der Waals surface area (Å²) in [5, 5.41) is 10.9. The molecule has 1 aliphatic rings. The molecule has 1 aliphatic heterocycles. The number of carbonyl (C=O) groups is 1. The third-order valence-corrected chi connectivity index (χ3v) is 4.72. The number of hydrogen-bond acceptors (Lipinski definition) is 4. The van der Waals surface area contributed by atoms with E-state index in [4.69, 9.17) is 10.5 Å². The van der Waals surface area contributed by atoms with Crippen molar-refractivity contribution in [2.75, 3.05) is 19.7 Å². The van der Waals surface area contributed by atoms with E-state index < -0.39 is 12.0 Å². The van der Waals surface area contributed by atoms with Crippen LogP contribution >= 0.6 is 0 Å². The normalized spacial score (nSPS) is 19.8. The van der Waals surface area contributed by atoms with Gasteiger partial charge in [0.2, 0.25) is 5.91 Å². The van der Waals surface area contributed by atoms with Crippen LogP contribution in [-0.4, -0.2) is 41.7 Å². The highest BCUT2D eigenvalue weighted by Gasteiger charge is 2.28. The van der Waals surface area contributed by atoms with E-state index in [0.717, 1.165) is 11.1 Å². The largest absolute Gasteiger partial charge is 0.507 e. The minimum atomic E-state index is -0.580. The minimum absolute atomic E-state index is 0.0107. The van der Waals surface area contributed by atoms with Gasteiger partial charge in [-0.25, -0.2) is 0 Å². The van der Waals surface area contributed by atoms with Crippen molar-refractivity contribution in [1.82, 2.24) is 4.90 Å². The lowest BCUT2D eigenvalue weighted by Crippen LogP contribution is -2.47. The maximum Gasteiger partial charge on any atom is 0.247 e. The number of benzene rings is 1. The lowest BCUT2D eigenvalue weighted by atomic mass is 9.79. The smallest absolute Gasteiger partial charge is 0.247 e. The second-order valence-electron chi connectivity index (χ2n) is 9.03. The number of rotatable bonds is 3. The zero-order valence-corrected chi connectivity index (χ0v) is 16.3. The van der Waals surface area contributed by atoms with E-state index in [9.17, 15) is 9.90 Å². The van der Waals surface area contributed by atoms with E-state index in [1.165, 1.54) is 5.56 Å². The van der Waals surface area contributed by atoms with Crippen molar-refractivity contribution in [3.63, 3.8) is 0 Å². The van der Waals surface area contributed by atoms with Crippen molar-refractivity contribution in [1.29, 1.82) is 0 Å². The number of aromatic hydroxyl groups is 1. The molecule has 3 N–H and O–H groups in total. The predicted molar refractivity (Wildman–Crippen MR) is 99.7 cm³/mol. The molecule has 0 aromatic heterocycles. The van der Waals surface area contributed by atoms with Crippen LogP contribution in [0, 0.1) is 0 Å². The quantitative estimate of drug-likeness (QED) is 0.880. The van der Waals surface area contributed by atoms with Crippen LogP contribution in [0.25, 0.3) is 0 Å². The van der Waals surface area contributed by atoms with Gasteiger partial charge >= 0.3 is 0 Å². The third-order valence-electron chi connectivity index (χ3n) is 4.72. The summed E-state index contributed by atoms with van der Waals surface area (Å²) in [4.78, 5) is 13.5. The zero-order valence-electron chi connectivity index (χ0n) is 16.3. The molecule has 0 aliphatic carbocycles. The Morgan fingerprint density at radius 1 is 1.24 bits per heavy atom. The Kier molecular flexibility index (Phi) is 5.50. The zero-order chi connectivity index (χ0) is 19.0. The molecule has 5 heteroatoms. The van der Waals surface area contributed by atoms with Crippen LogP contribution in [-0.2, 0) is 26.9 Å². The molecule has 1 unspecified atom stereocenters. The average Bonchev–Trinajstić information content (AvgIpc) is 2.47. The molecule has 140 valence electrons. The summed E-state index contributed by atoms with van der Waals surface area (Å²) >= 11 is 0. The number of carbonyl (C=O) groups excluding carboxylic acids is 1. The van der Waals surface area contributed by atoms with Gasteiger partial charge in [-0.2, -0.15) is 0 Å². The van der Waals surface area contributed by atoms with Crippen molar-refractivity contribution >= 4 is 5.91 Å². The fourth-order valence-electron chi connectivity index (χ4n) is 3.08. The van der Waals surface area contributed by atoms with E-state index in [0.29, 0.717) is 32.0 Å². The van der Waals surface area contributed by atoms with E-state index in [1.54, 1.807) is 0 Å². The highest BCUT2D eigenvalue weighted by Crippen LogP contribution is 2.38. The molecular weight excluding hydrogens is 316 g/mol. The van der Waals surface area contributed by atoms with E-state index in [-0.39, 0.29) is 10.8 Å². The number of ether oxygens (including phenoxy) is 1. The van der Waals surface area contributed by atoms with Gasteiger partial charge in [-0.15, -0.1) is 0 Å². The fourth-order valence-corrected chi connectivity index (χ4v) is 3.08. The maximum absolute atomic E-state index is 11.4. The molecule has 2 rings (SSSR count). The van der Waals surface area contributed by atoms with Gasteiger partial charge in [0, 0.05) is 25.2 Å². The molecule has 0 saturated carbocycles. The topological polar surface area (TPSA) is 75.8 Å². The van der Waals surface area contributed by atoms with E-state index in [2.05, 4.69) is 58.6 Å². The van der Waals surface area contributed by atoms with Crippen LogP contribution in [0.3, 0.4) is 0 Å². The lowest BCUT2D eigenvalue weighted by molar-refractivity contribution is -0.135. The molecule has 1 saturated heterocycles. The summed E-state index contributed by atoms with van der Waals surface area (Å²) in [5.41, 5.74) is 8.26. The number of amides is 1. The van der Waals surface area contributed by atoms with E-state index in [1.807, 2.05) is 0 Å². The molecule has 0 radical (unpaired) electrons. The number of primary amides is 1. The Morgan fingerprint density at radius 2 is 1.88 bits per heavy atom. The van der Waals surface area contributed by atoms with Crippen LogP contribution in [0.5, 0.6) is 5.75 Å². The van der Waals surface area contributed by atoms with Crippen LogP contribution < -0.4 is 5.73 Å². The minimum Gasteiger partial charge on any atom is -0.507 e. The molecule has 1 aromatic carbocycles. The monoisotopic (exact) mass is 348 g/mol. The van der Waals surface area contributed by atoms with Crippen LogP contribution in [0.1, 0.15) is 58.2 Å². The van der Waals surface area contributed by atoms with Gasteiger partial charge in [-0.1, -0.05) is 53.7 Å². The highest BCUT2D eigenvalue weighted by atomic mass is 16.5. The predicted octanol–water partition coefficient (Wildman–Crippen LogP) is 2.67. The highest BCUT2D eigenvalue weighted by molar-refractivity contribution is 5.79. The number of nitrogens with zero attached hydrogens (tertiary/aromatic N) is 1. The standard InChI is InChI=1S/C20H32N2O3/c1-19(2,3)14-9-13(17(23)15(10-14)20(4,5)6)11-22-7-8-25-16(12-22)18(21)24/h9-10,16,23H,7-8,11-12H2,1-6H3,(H2,21,24). The number of hydrogen-bond donors (Lipinski definition) is 2. The summed E-state index contributed by atoms with van der Waals surface area (Å²) < 4.78 is 5.41. The second kappa shape index (κ2) is 6.96. The summed E-state index contributed by atoms with van der Waals surface area (Å²) in [6, 6.07) is 4.20. The number of phenols is 1. The van der Waals surface area contributed by atoms with Crippen LogP contribution in [0.15, 0.2) is 12.1 Å². The van der Waals surface area contributed by atoms with Gasteiger partial charge in [-0.3, -0.25) is 9.69 Å². The Balaban J connectivity index is 2.38. The first-order valence-electron chi connectivity index (χ1n) is 8.89. The fraction of sp³-hybridized carbons (Fsp3) is 0.650. The van der Waals surface area contributed by atoms with E-state index >= 15 is 0 Å². The Hall–Kier alpha value is -1.59. The van der Waals surface area contributed by atoms with Gasteiger partial charge in [-0.05, 0) is 22.0 Å². The first-order valence-corrected chi connectivity index (χ1v) is 8.89. The number of morpholine rings is 1. The van der Waals surface area contributed by atoms with Crippen LogP contribution in [0.4, 0.5) is 0 Å². The van der Waals surface area contributed by atoms with Crippen molar-refractivity contribution < 1.29 is 14.6 Å². The molecule has 1 amide bonds. The average molecular weight is 348 g/mol. The molecule has 1 heterocycles. The lowest BCUT2D eigenvalue weighted by Gasteiger charge is -2.33. The summed E-state index contributed by atoms with van der Waals surface area (Å²) in [6.45, 7) is 15.1. The Bertz CT molecular complexity index is 642. The molecule has 0 bridgehead atoms. The molecule has 25 heavy (non-hydrogen) atoms. The molecule has 1 fully saturated rings. The van der Waals surface area contributed by atoms with Crippen molar-refractivity contribution in [2.45, 2.75) is 65.0 Å². The maximum atomic E-state index is 11.4. The molecule has 5 nitrogen and oxygen atoms in total. The third kappa shape index (κ3) is 4.73. The molecular formula is C20H32N2O3.